The molecule has 0 bridgehead atoms. The first-order chi connectivity index (χ1) is 18.4. The van der Waals surface area contributed by atoms with Crippen LogP contribution in [0.5, 0.6) is 0 Å². The molecule has 0 aromatic heterocycles. The Morgan fingerprint density at radius 1 is 0.900 bits per heavy atom. The average Bonchev–Trinajstić information content (AvgIpc) is 2.83. The lowest BCUT2D eigenvalue weighted by molar-refractivity contribution is -0.168. The zero-order chi connectivity index (χ0) is 30.6. The topological polar surface area (TPSA) is 135 Å². The van der Waals surface area contributed by atoms with Crippen molar-refractivity contribution in [1.29, 1.82) is 0 Å². The quantitative estimate of drug-likeness (QED) is 0.207. The minimum absolute atomic E-state index is 0.0518. The Morgan fingerprint density at radius 2 is 1.40 bits per heavy atom. The minimum Gasteiger partial charge on any atom is -0.468 e. The summed E-state index contributed by atoms with van der Waals surface area (Å²) < 4.78 is 56.0. The highest BCUT2D eigenvalue weighted by Gasteiger charge is 2.58. The highest BCUT2D eigenvalue weighted by Crippen LogP contribution is 2.36. The number of nitrogens with zero attached hydrogens (tertiary/aromatic N) is 1. The lowest BCUT2D eigenvalue weighted by atomic mass is 9.75. The van der Waals surface area contributed by atoms with E-state index in [-0.39, 0.29) is 19.7 Å². The molecule has 1 fully saturated rings. The zero-order valence-electron chi connectivity index (χ0n) is 23.8. The number of amides is 1. The average molecular weight is 572 g/mol. The van der Waals surface area contributed by atoms with Crippen molar-refractivity contribution in [3.05, 3.63) is 34.9 Å². The summed E-state index contributed by atoms with van der Waals surface area (Å²) in [4.78, 5) is 66.0. The molecule has 1 atom stereocenters. The zero-order valence-corrected chi connectivity index (χ0v) is 23.8. The SMILES string of the molecule is COC(=O)C(C[C@H]1CN(C(=O)OC(C)(C)C)CCO1)(C(=O)OC)C(=O)c1c(F)cc(C(=O)OC(C)(C)C)cc1F. The molecule has 0 N–H and O–H groups in total. The van der Waals surface area contributed by atoms with Crippen LogP contribution in [0.2, 0.25) is 0 Å². The van der Waals surface area contributed by atoms with Gasteiger partial charge in [-0.3, -0.25) is 14.4 Å². The normalized spacial score (nSPS) is 16.1. The van der Waals surface area contributed by atoms with Gasteiger partial charge in [0.2, 0.25) is 5.41 Å². The number of morpholine rings is 1. The maximum atomic E-state index is 15.3. The Morgan fingerprint density at radius 3 is 1.85 bits per heavy atom. The van der Waals surface area contributed by atoms with Crippen LogP contribution in [0.3, 0.4) is 0 Å². The fourth-order valence-electron chi connectivity index (χ4n) is 4.01. The number of ketones is 1. The van der Waals surface area contributed by atoms with Crippen molar-refractivity contribution < 1.29 is 56.4 Å². The van der Waals surface area contributed by atoms with Crippen molar-refractivity contribution in [2.24, 2.45) is 5.41 Å². The van der Waals surface area contributed by atoms with Gasteiger partial charge >= 0.3 is 24.0 Å². The lowest BCUT2D eigenvalue weighted by Gasteiger charge is -2.37. The van der Waals surface area contributed by atoms with E-state index in [4.69, 9.17) is 23.7 Å². The number of esters is 3. The third-order valence-electron chi connectivity index (χ3n) is 5.68. The molecule has 1 heterocycles. The number of rotatable bonds is 7. The van der Waals surface area contributed by atoms with Crippen LogP contribution < -0.4 is 0 Å². The van der Waals surface area contributed by atoms with E-state index in [1.807, 2.05) is 0 Å². The van der Waals surface area contributed by atoms with E-state index in [0.717, 1.165) is 14.2 Å². The van der Waals surface area contributed by atoms with Gasteiger partial charge in [0.1, 0.15) is 22.8 Å². The number of Topliss-reactive ketones (excluding diaryl/α,β-unsaturated/α-hetero) is 1. The molecule has 13 heteroatoms. The second-order valence-corrected chi connectivity index (χ2v) is 11.2. The molecule has 11 nitrogen and oxygen atoms in total. The summed E-state index contributed by atoms with van der Waals surface area (Å²) in [6.07, 6.45) is -2.63. The van der Waals surface area contributed by atoms with Crippen LogP contribution in [0, 0.1) is 17.0 Å². The van der Waals surface area contributed by atoms with Crippen LogP contribution >= 0.6 is 0 Å². The lowest BCUT2D eigenvalue weighted by Crippen LogP contribution is -2.54. The molecule has 1 amide bonds. The maximum absolute atomic E-state index is 15.3. The van der Waals surface area contributed by atoms with Gasteiger partial charge in [0.15, 0.2) is 5.78 Å². The summed E-state index contributed by atoms with van der Waals surface area (Å²) >= 11 is 0. The van der Waals surface area contributed by atoms with Crippen molar-refractivity contribution in [1.82, 2.24) is 4.90 Å². The molecule has 1 aliphatic heterocycles. The second kappa shape index (κ2) is 12.3. The number of methoxy groups -OCH3 is 2. The monoisotopic (exact) mass is 571 g/mol. The van der Waals surface area contributed by atoms with Crippen LogP contribution in [0.25, 0.3) is 0 Å². The van der Waals surface area contributed by atoms with Gasteiger partial charge in [0.05, 0.1) is 44.6 Å². The number of hydrogen-bond acceptors (Lipinski definition) is 10. The highest BCUT2D eigenvalue weighted by molar-refractivity contribution is 6.25. The van der Waals surface area contributed by atoms with Gasteiger partial charge in [0.25, 0.3) is 0 Å². The van der Waals surface area contributed by atoms with E-state index in [1.165, 1.54) is 4.90 Å². The van der Waals surface area contributed by atoms with E-state index in [2.05, 4.69) is 0 Å². The molecule has 2 rings (SSSR count). The van der Waals surface area contributed by atoms with Crippen LogP contribution in [0.15, 0.2) is 12.1 Å². The number of halogens is 2. The van der Waals surface area contributed by atoms with Gasteiger partial charge < -0.3 is 28.6 Å². The van der Waals surface area contributed by atoms with Crippen LogP contribution in [-0.4, -0.2) is 85.9 Å². The first kappa shape index (κ1) is 32.6. The first-order valence-electron chi connectivity index (χ1n) is 12.4. The third-order valence-corrected chi connectivity index (χ3v) is 5.68. The second-order valence-electron chi connectivity index (χ2n) is 11.2. The summed E-state index contributed by atoms with van der Waals surface area (Å²) in [6, 6.07) is 1.12. The first-order valence-corrected chi connectivity index (χ1v) is 12.4. The van der Waals surface area contributed by atoms with Crippen molar-refractivity contribution in [3.8, 4) is 0 Å². The summed E-state index contributed by atoms with van der Waals surface area (Å²) in [5, 5.41) is 0. The van der Waals surface area contributed by atoms with Gasteiger partial charge in [-0.2, -0.15) is 0 Å². The number of carbonyl (C=O) groups is 5. The van der Waals surface area contributed by atoms with Crippen LogP contribution in [-0.2, 0) is 33.3 Å². The van der Waals surface area contributed by atoms with E-state index in [0.29, 0.717) is 12.1 Å². The fraction of sp³-hybridized carbons (Fsp3) is 0.593. The molecular weight excluding hydrogens is 536 g/mol. The Labute approximate surface area is 231 Å². The van der Waals surface area contributed by atoms with Crippen molar-refractivity contribution >= 4 is 29.8 Å². The predicted molar refractivity (Wildman–Crippen MR) is 134 cm³/mol. The molecule has 0 unspecified atom stereocenters. The Hall–Kier alpha value is -3.61. The molecular formula is C27H35F2NO10. The molecule has 0 aliphatic carbocycles. The highest BCUT2D eigenvalue weighted by atomic mass is 19.1. The number of benzene rings is 1. The molecule has 1 aliphatic rings. The van der Waals surface area contributed by atoms with Crippen molar-refractivity contribution in [2.75, 3.05) is 33.9 Å². The molecule has 0 saturated carbocycles. The van der Waals surface area contributed by atoms with Crippen molar-refractivity contribution in [3.63, 3.8) is 0 Å². The maximum Gasteiger partial charge on any atom is 0.410 e. The predicted octanol–water partition coefficient (Wildman–Crippen LogP) is 3.46. The minimum atomic E-state index is -2.92. The fourth-order valence-corrected chi connectivity index (χ4v) is 4.01. The van der Waals surface area contributed by atoms with Gasteiger partial charge in [-0.1, -0.05) is 0 Å². The van der Waals surface area contributed by atoms with E-state index < -0.39 is 81.7 Å². The van der Waals surface area contributed by atoms with Gasteiger partial charge in [-0.05, 0) is 53.7 Å². The smallest absolute Gasteiger partial charge is 0.410 e. The van der Waals surface area contributed by atoms with E-state index in [9.17, 15) is 24.0 Å². The molecule has 0 radical (unpaired) electrons. The molecule has 1 aromatic rings. The number of carbonyl (C=O) groups excluding carboxylic acids is 5. The Bertz CT molecular complexity index is 1130. The molecule has 222 valence electrons. The largest absolute Gasteiger partial charge is 0.468 e. The van der Waals surface area contributed by atoms with E-state index >= 15 is 8.78 Å². The Kier molecular flexibility index (Phi) is 10.0. The Balaban J connectivity index is 2.54. The molecule has 1 saturated heterocycles. The molecule has 0 spiro atoms. The summed E-state index contributed by atoms with van der Waals surface area (Å²) in [5.41, 5.74) is -6.52. The van der Waals surface area contributed by atoms with Gasteiger partial charge in [-0.15, -0.1) is 0 Å². The van der Waals surface area contributed by atoms with Crippen LogP contribution in [0.1, 0.15) is 68.7 Å². The van der Waals surface area contributed by atoms with Crippen molar-refractivity contribution in [2.45, 2.75) is 65.3 Å². The number of ether oxygens (including phenoxy) is 5. The van der Waals surface area contributed by atoms with E-state index in [1.54, 1.807) is 41.5 Å². The van der Waals surface area contributed by atoms with Gasteiger partial charge in [0, 0.05) is 13.0 Å². The van der Waals surface area contributed by atoms with Gasteiger partial charge in [-0.25, -0.2) is 18.4 Å². The molecule has 40 heavy (non-hydrogen) atoms. The number of hydrogen-bond donors (Lipinski definition) is 0. The summed E-state index contributed by atoms with van der Waals surface area (Å²) in [7, 11) is 1.75. The summed E-state index contributed by atoms with van der Waals surface area (Å²) in [6.45, 7) is 9.48. The third kappa shape index (κ3) is 7.52. The summed E-state index contributed by atoms with van der Waals surface area (Å²) in [5.74, 6) is -8.65. The van der Waals surface area contributed by atoms with Crippen LogP contribution in [0.4, 0.5) is 13.6 Å². The standard InChI is InChI=1S/C27H35F2NO10/c1-25(2,3)39-21(32)15-11-17(28)19(18(29)12-15)20(31)27(22(33)36-7,23(34)37-8)13-16-14-30(9-10-38-16)24(35)40-26(4,5)6/h11-12,16H,9-10,13-14H2,1-8H3/t16-/m0/s1. The molecule has 1 aromatic carbocycles.